The Hall–Kier alpha value is -2.01. The predicted molar refractivity (Wildman–Crippen MR) is 90.9 cm³/mol. The second-order valence-electron chi connectivity index (χ2n) is 5.75. The molecule has 112 valence electrons. The number of aromatic nitrogens is 2. The number of hydrogen-bond acceptors (Lipinski definition) is 2. The van der Waals surface area contributed by atoms with Gasteiger partial charge in [-0.3, -0.25) is 0 Å². The van der Waals surface area contributed by atoms with E-state index in [1.807, 2.05) is 12.3 Å². The van der Waals surface area contributed by atoms with E-state index in [2.05, 4.69) is 55.0 Å². The molecule has 3 aromatic rings. The van der Waals surface area contributed by atoms with Crippen LogP contribution in [0.2, 0.25) is 0 Å². The number of halogens is 1. The molecule has 0 bridgehead atoms. The minimum absolute atomic E-state index is 0.316. The van der Waals surface area contributed by atoms with Gasteiger partial charge in [-0.2, -0.15) is 0 Å². The summed E-state index contributed by atoms with van der Waals surface area (Å²) in [6.45, 7) is 0. The summed E-state index contributed by atoms with van der Waals surface area (Å²) in [5, 5.41) is 13.1. The molecule has 0 amide bonds. The molecule has 0 aliphatic heterocycles. The molecule has 1 aromatic carbocycles. The summed E-state index contributed by atoms with van der Waals surface area (Å²) in [6, 6.07) is 8.69. The first-order valence-corrected chi connectivity index (χ1v) is 8.20. The van der Waals surface area contributed by atoms with Crippen LogP contribution in [0.25, 0.3) is 10.9 Å². The molecule has 1 atom stereocenters. The number of hydrogen-bond donors (Lipinski definition) is 2. The third kappa shape index (κ3) is 2.16. The largest absolute Gasteiger partial charge is 0.411 e. The Balaban J connectivity index is 1.82. The fourth-order valence-electron chi connectivity index (χ4n) is 3.48. The zero-order chi connectivity index (χ0) is 15.1. The van der Waals surface area contributed by atoms with Crippen LogP contribution in [-0.2, 0) is 6.42 Å². The van der Waals surface area contributed by atoms with Crippen molar-refractivity contribution in [2.75, 3.05) is 0 Å². The van der Waals surface area contributed by atoms with E-state index in [0.717, 1.165) is 22.9 Å². The lowest BCUT2D eigenvalue weighted by Crippen LogP contribution is -2.15. The maximum Gasteiger partial charge on any atom is 0.0749 e. The molecule has 4 rings (SSSR count). The zero-order valence-corrected chi connectivity index (χ0v) is 13.5. The second-order valence-corrected chi connectivity index (χ2v) is 6.67. The summed E-state index contributed by atoms with van der Waals surface area (Å²) >= 11 is 3.57. The summed E-state index contributed by atoms with van der Waals surface area (Å²) in [5.41, 5.74) is 4.85. The average molecular weight is 358 g/mol. The van der Waals surface area contributed by atoms with E-state index >= 15 is 0 Å². The Bertz CT molecular complexity index is 862. The molecule has 2 N–H and O–H groups in total. The van der Waals surface area contributed by atoms with Gasteiger partial charge in [-0.25, -0.2) is 0 Å². The topological polar surface area (TPSA) is 53.3 Å². The van der Waals surface area contributed by atoms with Crippen molar-refractivity contribution in [2.45, 2.75) is 25.3 Å². The van der Waals surface area contributed by atoms with Gasteiger partial charge in [0.15, 0.2) is 0 Å². The third-order valence-electron chi connectivity index (χ3n) is 4.44. The second kappa shape index (κ2) is 5.32. The van der Waals surface area contributed by atoms with Crippen molar-refractivity contribution >= 4 is 33.0 Å². The molecule has 0 saturated carbocycles. The smallest absolute Gasteiger partial charge is 0.0749 e. The number of nitrogens with one attached hydrogen (secondary N) is 1. The van der Waals surface area contributed by atoms with Crippen molar-refractivity contribution in [1.82, 2.24) is 9.55 Å². The lowest BCUT2D eigenvalue weighted by Gasteiger charge is -2.24. The predicted octanol–water partition coefficient (Wildman–Crippen LogP) is 4.47. The standard InChI is InChI=1S/C17H16BrN3O/c18-12-4-5-15-14(8-12)13-2-1-3-16(17(13)20-15)21-7-6-11(10-21)9-19-22/h4-10,16,20,22H,1-3H2. The monoisotopic (exact) mass is 357 g/mol. The van der Waals surface area contributed by atoms with Crippen LogP contribution < -0.4 is 0 Å². The van der Waals surface area contributed by atoms with Crippen molar-refractivity contribution in [3.63, 3.8) is 0 Å². The van der Waals surface area contributed by atoms with Crippen molar-refractivity contribution in [3.8, 4) is 0 Å². The number of fused-ring (bicyclic) bond motifs is 3. The van der Waals surface area contributed by atoms with Crippen molar-refractivity contribution in [1.29, 1.82) is 0 Å². The number of nitrogens with zero attached hydrogens (tertiary/aromatic N) is 2. The van der Waals surface area contributed by atoms with Gasteiger partial charge >= 0.3 is 0 Å². The van der Waals surface area contributed by atoms with Crippen molar-refractivity contribution < 1.29 is 5.21 Å². The molecule has 4 nitrogen and oxygen atoms in total. The van der Waals surface area contributed by atoms with E-state index in [-0.39, 0.29) is 0 Å². The van der Waals surface area contributed by atoms with Gasteiger partial charge in [0.05, 0.1) is 12.3 Å². The summed E-state index contributed by atoms with van der Waals surface area (Å²) in [5.74, 6) is 0. The fourth-order valence-corrected chi connectivity index (χ4v) is 3.84. The van der Waals surface area contributed by atoms with Crippen LogP contribution in [0.15, 0.2) is 46.3 Å². The van der Waals surface area contributed by atoms with Gasteiger partial charge in [-0.05, 0) is 49.1 Å². The quantitative estimate of drug-likeness (QED) is 0.397. The first-order chi connectivity index (χ1) is 10.8. The number of benzene rings is 1. The Morgan fingerprint density at radius 3 is 3.14 bits per heavy atom. The first kappa shape index (κ1) is 13.6. The van der Waals surface area contributed by atoms with Crippen molar-refractivity contribution in [3.05, 3.63) is 58.0 Å². The summed E-state index contributed by atoms with van der Waals surface area (Å²) < 4.78 is 3.32. The van der Waals surface area contributed by atoms with Gasteiger partial charge in [0.25, 0.3) is 0 Å². The van der Waals surface area contributed by atoms with Crippen LogP contribution in [-0.4, -0.2) is 21.0 Å². The first-order valence-electron chi connectivity index (χ1n) is 7.41. The van der Waals surface area contributed by atoms with Crippen LogP contribution >= 0.6 is 15.9 Å². The minimum atomic E-state index is 0.316. The molecule has 0 spiro atoms. The van der Waals surface area contributed by atoms with Gasteiger partial charge in [-0.15, -0.1) is 0 Å². The van der Waals surface area contributed by atoms with E-state index < -0.39 is 0 Å². The molecular weight excluding hydrogens is 342 g/mol. The summed E-state index contributed by atoms with van der Waals surface area (Å²) in [6.07, 6.45) is 8.96. The lowest BCUT2D eigenvalue weighted by atomic mass is 9.91. The molecule has 2 aromatic heterocycles. The Kier molecular flexibility index (Phi) is 3.30. The fraction of sp³-hybridized carbons (Fsp3) is 0.235. The number of oxime groups is 1. The molecule has 1 aliphatic rings. The number of rotatable bonds is 2. The van der Waals surface area contributed by atoms with E-state index in [9.17, 15) is 0 Å². The highest BCUT2D eigenvalue weighted by molar-refractivity contribution is 9.10. The van der Waals surface area contributed by atoms with Crippen LogP contribution in [0.1, 0.15) is 35.7 Å². The molecule has 0 saturated heterocycles. The van der Waals surface area contributed by atoms with E-state index in [0.29, 0.717) is 6.04 Å². The molecule has 0 radical (unpaired) electrons. The molecule has 2 heterocycles. The van der Waals surface area contributed by atoms with Crippen molar-refractivity contribution in [2.24, 2.45) is 5.16 Å². The van der Waals surface area contributed by atoms with Gasteiger partial charge in [0.1, 0.15) is 0 Å². The van der Waals surface area contributed by atoms with E-state index in [1.165, 1.54) is 34.8 Å². The molecule has 5 heteroatoms. The number of aryl methyl sites for hydroxylation is 1. The molecule has 22 heavy (non-hydrogen) atoms. The van der Waals surface area contributed by atoms with E-state index in [4.69, 9.17) is 5.21 Å². The van der Waals surface area contributed by atoms with Gasteiger partial charge in [-0.1, -0.05) is 21.1 Å². The maximum atomic E-state index is 8.67. The summed E-state index contributed by atoms with van der Waals surface area (Å²) in [7, 11) is 0. The molecular formula is C17H16BrN3O. The van der Waals surface area contributed by atoms with Crippen LogP contribution in [0, 0.1) is 0 Å². The summed E-state index contributed by atoms with van der Waals surface area (Å²) in [4.78, 5) is 3.61. The molecule has 1 aliphatic carbocycles. The van der Waals surface area contributed by atoms with Gasteiger partial charge in [0, 0.05) is 39.0 Å². The maximum absolute atomic E-state index is 8.67. The Morgan fingerprint density at radius 1 is 1.36 bits per heavy atom. The van der Waals surface area contributed by atoms with Gasteiger partial charge < -0.3 is 14.8 Å². The van der Waals surface area contributed by atoms with E-state index in [1.54, 1.807) is 0 Å². The normalized spacial score (nSPS) is 18.1. The number of aromatic amines is 1. The SMILES string of the molecule is ON=Cc1ccn(C2CCCc3c2[nH]c2ccc(Br)cc32)c1. The Morgan fingerprint density at radius 2 is 2.27 bits per heavy atom. The zero-order valence-electron chi connectivity index (χ0n) is 12.0. The average Bonchev–Trinajstić information content (AvgIpc) is 3.12. The minimum Gasteiger partial charge on any atom is -0.411 e. The van der Waals surface area contributed by atoms with Crippen LogP contribution in [0.4, 0.5) is 0 Å². The number of H-pyrrole nitrogens is 1. The highest BCUT2D eigenvalue weighted by Gasteiger charge is 2.25. The molecule has 1 unspecified atom stereocenters. The highest BCUT2D eigenvalue weighted by atomic mass is 79.9. The lowest BCUT2D eigenvalue weighted by molar-refractivity contribution is 0.322. The van der Waals surface area contributed by atoms with Crippen LogP contribution in [0.3, 0.4) is 0 Å². The Labute approximate surface area is 136 Å². The molecule has 0 fully saturated rings. The van der Waals surface area contributed by atoms with Gasteiger partial charge in [0.2, 0.25) is 0 Å². The van der Waals surface area contributed by atoms with Crippen LogP contribution in [0.5, 0.6) is 0 Å². The third-order valence-corrected chi connectivity index (χ3v) is 4.94. The highest BCUT2D eigenvalue weighted by Crippen LogP contribution is 2.37.